The summed E-state index contributed by atoms with van der Waals surface area (Å²) < 4.78 is 22.0. The molecule has 0 radical (unpaired) electrons. The number of rotatable bonds is 14. The van der Waals surface area contributed by atoms with Gasteiger partial charge in [-0.05, 0) is 76.5 Å². The van der Waals surface area contributed by atoms with Gasteiger partial charge in [-0.1, -0.05) is 57.2 Å². The van der Waals surface area contributed by atoms with Crippen molar-refractivity contribution in [1.29, 1.82) is 0 Å². The molecule has 57 heavy (non-hydrogen) atoms. The number of esters is 1. The highest BCUT2D eigenvalue weighted by atomic mass is 16.5. The van der Waals surface area contributed by atoms with Crippen molar-refractivity contribution in [2.75, 3.05) is 38.5 Å². The van der Waals surface area contributed by atoms with Crippen LogP contribution in [0.2, 0.25) is 0 Å². The third-order valence-corrected chi connectivity index (χ3v) is 9.04. The van der Waals surface area contributed by atoms with Gasteiger partial charge in [-0.25, -0.2) is 14.8 Å². The van der Waals surface area contributed by atoms with Crippen molar-refractivity contribution in [1.82, 2.24) is 15.3 Å². The summed E-state index contributed by atoms with van der Waals surface area (Å²) in [7, 11) is 4.67. The van der Waals surface area contributed by atoms with Crippen LogP contribution in [0.15, 0.2) is 109 Å². The fourth-order valence-electron chi connectivity index (χ4n) is 6.05. The molecule has 0 atom stereocenters. The third-order valence-electron chi connectivity index (χ3n) is 9.04. The van der Waals surface area contributed by atoms with Crippen molar-refractivity contribution in [3.63, 3.8) is 0 Å². The second-order valence-corrected chi connectivity index (χ2v) is 14.4. The van der Waals surface area contributed by atoms with Crippen LogP contribution in [0.4, 0.5) is 11.5 Å². The first-order valence-corrected chi connectivity index (χ1v) is 18.3. The number of hydrogen-bond acceptors (Lipinski definition) is 10. The predicted octanol–water partition coefficient (Wildman–Crippen LogP) is 8.32. The lowest BCUT2D eigenvalue weighted by atomic mass is 9.94. The standard InChI is InChI=1S/C45H45N5O7/c1-45(2,3)27-48-42(51)30-13-16-35(37(23-30)44(53)57-26-28-10-8-7-9-11-28)36-18-19-39(56-6)50-40(36)43(52)49-32-14-17-34-29(22-32)20-21-46-41(34)47-25-31-12-15-33(54-4)24-38(31)55-5/h7-24H,25-27H2,1-6H3,(H,46,47)(H,48,51)(H,49,52). The van der Waals surface area contributed by atoms with Gasteiger partial charge in [0.2, 0.25) is 5.88 Å². The second-order valence-electron chi connectivity index (χ2n) is 14.4. The molecule has 0 saturated heterocycles. The smallest absolute Gasteiger partial charge is 0.339 e. The number of nitrogens with one attached hydrogen (secondary N) is 3. The Morgan fingerprint density at radius 3 is 2.28 bits per heavy atom. The van der Waals surface area contributed by atoms with E-state index in [9.17, 15) is 14.4 Å². The maximum absolute atomic E-state index is 14.1. The van der Waals surface area contributed by atoms with Gasteiger partial charge in [0.1, 0.15) is 29.6 Å². The van der Waals surface area contributed by atoms with Crippen LogP contribution in [0.5, 0.6) is 17.4 Å². The van der Waals surface area contributed by atoms with Crippen molar-refractivity contribution >= 4 is 40.1 Å². The zero-order valence-corrected chi connectivity index (χ0v) is 32.8. The van der Waals surface area contributed by atoms with Crippen LogP contribution in [0.25, 0.3) is 21.9 Å². The Kier molecular flexibility index (Phi) is 12.3. The molecule has 12 heteroatoms. The molecule has 0 aliphatic rings. The Morgan fingerprint density at radius 2 is 1.54 bits per heavy atom. The van der Waals surface area contributed by atoms with E-state index in [1.807, 2.05) is 87.5 Å². The van der Waals surface area contributed by atoms with E-state index in [0.717, 1.165) is 21.9 Å². The number of anilines is 2. The van der Waals surface area contributed by atoms with E-state index in [-0.39, 0.29) is 40.6 Å². The van der Waals surface area contributed by atoms with Gasteiger partial charge in [0.05, 0.1) is 26.9 Å². The maximum Gasteiger partial charge on any atom is 0.339 e. The van der Waals surface area contributed by atoms with E-state index in [1.54, 1.807) is 50.7 Å². The lowest BCUT2D eigenvalue weighted by molar-refractivity contribution is 0.0473. The maximum atomic E-state index is 14.1. The number of ether oxygens (including phenoxy) is 4. The first-order valence-electron chi connectivity index (χ1n) is 18.3. The normalized spacial score (nSPS) is 11.1. The molecule has 0 fully saturated rings. The van der Waals surface area contributed by atoms with Crippen molar-refractivity contribution in [3.05, 3.63) is 137 Å². The number of aromatic nitrogens is 2. The lowest BCUT2D eigenvalue weighted by Crippen LogP contribution is -2.32. The van der Waals surface area contributed by atoms with Crippen molar-refractivity contribution < 1.29 is 33.3 Å². The first-order chi connectivity index (χ1) is 27.5. The van der Waals surface area contributed by atoms with Crippen molar-refractivity contribution in [2.45, 2.75) is 33.9 Å². The summed E-state index contributed by atoms with van der Waals surface area (Å²) >= 11 is 0. The molecule has 2 aromatic heterocycles. The molecule has 12 nitrogen and oxygen atoms in total. The third kappa shape index (κ3) is 9.84. The van der Waals surface area contributed by atoms with Crippen molar-refractivity contribution in [3.8, 4) is 28.5 Å². The number of carbonyl (C=O) groups excluding carboxylic acids is 3. The van der Waals surface area contributed by atoms with E-state index in [1.165, 1.54) is 13.2 Å². The zero-order valence-electron chi connectivity index (χ0n) is 32.8. The second kappa shape index (κ2) is 17.7. The average molecular weight is 768 g/mol. The minimum Gasteiger partial charge on any atom is -0.497 e. The van der Waals surface area contributed by atoms with Gasteiger partial charge in [0.25, 0.3) is 11.8 Å². The highest BCUT2D eigenvalue weighted by Gasteiger charge is 2.24. The number of hydrogen-bond donors (Lipinski definition) is 3. The number of nitrogens with zero attached hydrogens (tertiary/aromatic N) is 2. The topological polar surface area (TPSA) is 150 Å². The molecule has 6 rings (SSSR count). The Labute approximate surface area is 331 Å². The van der Waals surface area contributed by atoms with Gasteiger partial charge >= 0.3 is 5.97 Å². The molecule has 6 aromatic rings. The largest absolute Gasteiger partial charge is 0.497 e. The average Bonchev–Trinajstić information content (AvgIpc) is 3.23. The molecule has 292 valence electrons. The summed E-state index contributed by atoms with van der Waals surface area (Å²) in [5, 5.41) is 11.0. The molecular weight excluding hydrogens is 723 g/mol. The highest BCUT2D eigenvalue weighted by molar-refractivity contribution is 6.10. The van der Waals surface area contributed by atoms with Crippen LogP contribution >= 0.6 is 0 Å². The number of carbonyl (C=O) groups is 3. The molecule has 0 saturated carbocycles. The Bertz CT molecular complexity index is 2410. The molecule has 4 aromatic carbocycles. The molecule has 2 amide bonds. The lowest BCUT2D eigenvalue weighted by Gasteiger charge is -2.19. The Balaban J connectivity index is 1.30. The van der Waals surface area contributed by atoms with Gasteiger partial charge in [-0.2, -0.15) is 0 Å². The monoisotopic (exact) mass is 767 g/mol. The molecule has 0 bridgehead atoms. The van der Waals surface area contributed by atoms with Crippen LogP contribution in [-0.2, 0) is 17.9 Å². The van der Waals surface area contributed by atoms with Crippen LogP contribution in [0, 0.1) is 5.41 Å². The Morgan fingerprint density at radius 1 is 0.754 bits per heavy atom. The van der Waals surface area contributed by atoms with E-state index >= 15 is 0 Å². The summed E-state index contributed by atoms with van der Waals surface area (Å²) in [5.41, 5.74) is 3.13. The van der Waals surface area contributed by atoms with Gasteiger partial charge in [-0.15, -0.1) is 0 Å². The SMILES string of the molecule is COc1ccc(CNc2nccc3cc(NC(=O)c4nc(OC)ccc4-c4ccc(C(=O)NCC(C)(C)C)cc4C(=O)OCc4ccccc4)ccc23)c(OC)c1. The summed E-state index contributed by atoms with van der Waals surface area (Å²) in [6.45, 7) is 6.93. The van der Waals surface area contributed by atoms with Crippen LogP contribution in [0.3, 0.4) is 0 Å². The minimum atomic E-state index is -0.667. The van der Waals surface area contributed by atoms with Crippen LogP contribution in [0.1, 0.15) is 63.1 Å². The summed E-state index contributed by atoms with van der Waals surface area (Å²) in [6.07, 6.45) is 1.69. The molecular formula is C45H45N5O7. The van der Waals surface area contributed by atoms with Gasteiger partial charge in [0, 0.05) is 59.2 Å². The molecule has 0 aliphatic heterocycles. The van der Waals surface area contributed by atoms with Crippen molar-refractivity contribution in [2.24, 2.45) is 5.41 Å². The van der Waals surface area contributed by atoms with Crippen LogP contribution in [-0.4, -0.2) is 55.6 Å². The molecule has 2 heterocycles. The minimum absolute atomic E-state index is 0.00186. The molecule has 0 unspecified atom stereocenters. The fourth-order valence-corrected chi connectivity index (χ4v) is 6.05. The van der Waals surface area contributed by atoms with E-state index in [2.05, 4.69) is 25.9 Å². The zero-order chi connectivity index (χ0) is 40.5. The molecule has 3 N–H and O–H groups in total. The van der Waals surface area contributed by atoms with Gasteiger partial charge in [0.15, 0.2) is 0 Å². The number of benzene rings is 4. The predicted molar refractivity (Wildman–Crippen MR) is 220 cm³/mol. The van der Waals surface area contributed by atoms with E-state index < -0.39 is 11.9 Å². The number of fused-ring (bicyclic) bond motifs is 1. The van der Waals surface area contributed by atoms with Crippen LogP contribution < -0.4 is 30.2 Å². The number of pyridine rings is 2. The summed E-state index contributed by atoms with van der Waals surface area (Å²) in [6, 6.07) is 30.2. The molecule has 0 spiro atoms. The fraction of sp³-hybridized carbons (Fsp3) is 0.222. The van der Waals surface area contributed by atoms with Gasteiger partial charge < -0.3 is 34.9 Å². The number of methoxy groups -OCH3 is 3. The summed E-state index contributed by atoms with van der Waals surface area (Å²) in [5.74, 6) is 0.681. The number of amides is 2. The molecule has 0 aliphatic carbocycles. The Hall–Kier alpha value is -6.95. The quantitative estimate of drug-likeness (QED) is 0.0924. The van der Waals surface area contributed by atoms with E-state index in [4.69, 9.17) is 18.9 Å². The highest BCUT2D eigenvalue weighted by Crippen LogP contribution is 2.32. The van der Waals surface area contributed by atoms with Gasteiger partial charge in [-0.3, -0.25) is 9.59 Å². The first kappa shape index (κ1) is 39.7. The van der Waals surface area contributed by atoms with E-state index in [0.29, 0.717) is 47.2 Å². The summed E-state index contributed by atoms with van der Waals surface area (Å²) in [4.78, 5) is 50.3.